The van der Waals surface area contributed by atoms with Gasteiger partial charge in [0.15, 0.2) is 5.76 Å². The lowest BCUT2D eigenvalue weighted by atomic mass is 10.1. The van der Waals surface area contributed by atoms with E-state index in [0.717, 1.165) is 0 Å². The summed E-state index contributed by atoms with van der Waals surface area (Å²) in [7, 11) is 0. The third-order valence-corrected chi connectivity index (χ3v) is 1.70. The third-order valence-electron chi connectivity index (χ3n) is 1.70. The quantitative estimate of drug-likeness (QED) is 0.815. The van der Waals surface area contributed by atoms with E-state index in [0.29, 0.717) is 0 Å². The molecule has 0 fully saturated rings. The molecule has 1 aromatic heterocycles. The molecular formula is C11H15NO4. The van der Waals surface area contributed by atoms with E-state index in [1.165, 1.54) is 12.1 Å². The average Bonchev–Trinajstić information content (AvgIpc) is 2.48. The number of carbonyl (C=O) groups excluding carboxylic acids is 1. The zero-order chi connectivity index (χ0) is 12.3. The maximum atomic E-state index is 11.6. The summed E-state index contributed by atoms with van der Waals surface area (Å²) in [4.78, 5) is 22.0. The molecule has 0 unspecified atom stereocenters. The molecule has 0 aliphatic carbocycles. The van der Waals surface area contributed by atoms with Crippen molar-refractivity contribution < 1.29 is 19.1 Å². The van der Waals surface area contributed by atoms with Crippen LogP contribution in [0.4, 0.5) is 0 Å². The van der Waals surface area contributed by atoms with Crippen molar-refractivity contribution in [3.8, 4) is 0 Å². The molecule has 0 radical (unpaired) electrons. The molecule has 5 nitrogen and oxygen atoms in total. The topological polar surface area (TPSA) is 79.5 Å². The Hall–Kier alpha value is -1.78. The maximum absolute atomic E-state index is 11.6. The predicted molar refractivity (Wildman–Crippen MR) is 57.3 cm³/mol. The molecule has 88 valence electrons. The molecule has 0 atom stereocenters. The van der Waals surface area contributed by atoms with Gasteiger partial charge in [0.2, 0.25) is 0 Å². The van der Waals surface area contributed by atoms with Crippen LogP contribution >= 0.6 is 0 Å². The number of carbonyl (C=O) groups is 2. The smallest absolute Gasteiger partial charge is 0.311 e. The molecule has 0 spiro atoms. The van der Waals surface area contributed by atoms with E-state index >= 15 is 0 Å². The Balaban J connectivity index is 2.71. The molecule has 0 aliphatic heterocycles. The van der Waals surface area contributed by atoms with Crippen molar-refractivity contribution in [2.45, 2.75) is 32.7 Å². The number of hydrogen-bond donors (Lipinski definition) is 2. The molecule has 0 aliphatic rings. The average molecular weight is 225 g/mol. The summed E-state index contributed by atoms with van der Waals surface area (Å²) >= 11 is 0. The van der Waals surface area contributed by atoms with Gasteiger partial charge in [-0.2, -0.15) is 0 Å². The summed E-state index contributed by atoms with van der Waals surface area (Å²) in [6.07, 6.45) is -0.219. The molecule has 1 amide bonds. The fourth-order valence-electron chi connectivity index (χ4n) is 1.15. The lowest BCUT2D eigenvalue weighted by Crippen LogP contribution is -2.40. The molecule has 1 heterocycles. The van der Waals surface area contributed by atoms with Gasteiger partial charge in [0, 0.05) is 5.54 Å². The van der Waals surface area contributed by atoms with Crippen molar-refractivity contribution in [3.05, 3.63) is 23.7 Å². The van der Waals surface area contributed by atoms with Crippen LogP contribution in [0.5, 0.6) is 0 Å². The van der Waals surface area contributed by atoms with E-state index in [1.54, 1.807) is 0 Å². The highest BCUT2D eigenvalue weighted by atomic mass is 16.4. The zero-order valence-corrected chi connectivity index (χ0v) is 9.53. The highest BCUT2D eigenvalue weighted by Crippen LogP contribution is 2.10. The van der Waals surface area contributed by atoms with Gasteiger partial charge in [0.25, 0.3) is 5.91 Å². The van der Waals surface area contributed by atoms with Gasteiger partial charge in [-0.3, -0.25) is 9.59 Å². The van der Waals surface area contributed by atoms with Crippen LogP contribution in [0.3, 0.4) is 0 Å². The summed E-state index contributed by atoms with van der Waals surface area (Å²) in [5.41, 5.74) is -0.350. The Morgan fingerprint density at radius 2 is 2.00 bits per heavy atom. The van der Waals surface area contributed by atoms with E-state index in [-0.39, 0.29) is 29.4 Å². The number of nitrogens with one attached hydrogen (secondary N) is 1. The second kappa shape index (κ2) is 4.38. The Labute approximate surface area is 93.4 Å². The molecule has 0 saturated heterocycles. The molecule has 2 N–H and O–H groups in total. The highest BCUT2D eigenvalue weighted by molar-refractivity contribution is 5.92. The van der Waals surface area contributed by atoms with Gasteiger partial charge in [0.05, 0.1) is 0 Å². The van der Waals surface area contributed by atoms with E-state index in [2.05, 4.69) is 5.32 Å². The Bertz CT molecular complexity index is 400. The largest absolute Gasteiger partial charge is 0.481 e. The third kappa shape index (κ3) is 3.76. The van der Waals surface area contributed by atoms with Crippen molar-refractivity contribution in [1.29, 1.82) is 0 Å². The Morgan fingerprint density at radius 3 is 2.50 bits per heavy atom. The summed E-state index contributed by atoms with van der Waals surface area (Å²) in [5, 5.41) is 11.3. The van der Waals surface area contributed by atoms with Crippen LogP contribution in [0.1, 0.15) is 37.1 Å². The number of rotatable bonds is 3. The monoisotopic (exact) mass is 225 g/mol. The summed E-state index contributed by atoms with van der Waals surface area (Å²) < 4.78 is 5.11. The van der Waals surface area contributed by atoms with Crippen LogP contribution in [-0.2, 0) is 11.2 Å². The van der Waals surface area contributed by atoms with Gasteiger partial charge in [0.1, 0.15) is 12.2 Å². The van der Waals surface area contributed by atoms with Gasteiger partial charge in [-0.25, -0.2) is 0 Å². The second-order valence-corrected chi connectivity index (χ2v) is 4.54. The standard InChI is InChI=1S/C11H15NO4/c1-11(2,3)12-10(15)8-5-4-7(16-8)6-9(13)14/h4-5H,6H2,1-3H3,(H,12,15)(H,13,14). The first-order chi connectivity index (χ1) is 7.28. The normalized spacial score (nSPS) is 11.2. The van der Waals surface area contributed by atoms with Gasteiger partial charge < -0.3 is 14.8 Å². The fourth-order valence-corrected chi connectivity index (χ4v) is 1.15. The van der Waals surface area contributed by atoms with Crippen LogP contribution < -0.4 is 5.32 Å². The summed E-state index contributed by atoms with van der Waals surface area (Å²) in [6.45, 7) is 5.56. The number of carboxylic acids is 1. The summed E-state index contributed by atoms with van der Waals surface area (Å²) in [5.74, 6) is -0.931. The first kappa shape index (κ1) is 12.3. The lowest BCUT2D eigenvalue weighted by Gasteiger charge is -2.19. The number of carboxylic acid groups (broad SMARTS) is 1. The van der Waals surface area contributed by atoms with Crippen molar-refractivity contribution in [1.82, 2.24) is 5.32 Å². The van der Waals surface area contributed by atoms with E-state index in [4.69, 9.17) is 9.52 Å². The minimum absolute atomic E-state index is 0.131. The molecule has 1 rings (SSSR count). The molecule has 0 aromatic carbocycles. The minimum Gasteiger partial charge on any atom is -0.481 e. The lowest BCUT2D eigenvalue weighted by molar-refractivity contribution is -0.136. The Morgan fingerprint density at radius 1 is 1.38 bits per heavy atom. The van der Waals surface area contributed by atoms with Crippen molar-refractivity contribution >= 4 is 11.9 Å². The van der Waals surface area contributed by atoms with Crippen molar-refractivity contribution in [3.63, 3.8) is 0 Å². The minimum atomic E-state index is -0.989. The van der Waals surface area contributed by atoms with Crippen molar-refractivity contribution in [2.24, 2.45) is 0 Å². The molecule has 0 bridgehead atoms. The second-order valence-electron chi connectivity index (χ2n) is 4.54. The Kier molecular flexibility index (Phi) is 3.37. The molecule has 0 saturated carbocycles. The van der Waals surface area contributed by atoms with Crippen molar-refractivity contribution in [2.75, 3.05) is 0 Å². The maximum Gasteiger partial charge on any atom is 0.311 e. The number of amides is 1. The molecular weight excluding hydrogens is 210 g/mol. The van der Waals surface area contributed by atoms with E-state index < -0.39 is 5.97 Å². The van der Waals surface area contributed by atoms with Crippen LogP contribution in [0, 0.1) is 0 Å². The first-order valence-electron chi connectivity index (χ1n) is 4.91. The van der Waals surface area contributed by atoms with Crippen LogP contribution in [0.15, 0.2) is 16.5 Å². The zero-order valence-electron chi connectivity index (χ0n) is 9.53. The number of hydrogen-bond acceptors (Lipinski definition) is 3. The fraction of sp³-hybridized carbons (Fsp3) is 0.455. The van der Waals surface area contributed by atoms with Gasteiger partial charge >= 0.3 is 5.97 Å². The summed E-state index contributed by atoms with van der Waals surface area (Å²) in [6, 6.07) is 2.96. The first-order valence-corrected chi connectivity index (χ1v) is 4.91. The molecule has 5 heteroatoms. The van der Waals surface area contributed by atoms with Crippen LogP contribution in [-0.4, -0.2) is 22.5 Å². The van der Waals surface area contributed by atoms with Gasteiger partial charge in [-0.15, -0.1) is 0 Å². The number of aliphatic carboxylic acids is 1. The van der Waals surface area contributed by atoms with E-state index in [9.17, 15) is 9.59 Å². The van der Waals surface area contributed by atoms with Crippen LogP contribution in [0.25, 0.3) is 0 Å². The number of furan rings is 1. The highest BCUT2D eigenvalue weighted by Gasteiger charge is 2.18. The molecule has 16 heavy (non-hydrogen) atoms. The van der Waals surface area contributed by atoms with Gasteiger partial charge in [-0.1, -0.05) is 0 Å². The SMILES string of the molecule is CC(C)(C)NC(=O)c1ccc(CC(=O)O)o1. The van der Waals surface area contributed by atoms with Gasteiger partial charge in [-0.05, 0) is 32.9 Å². The predicted octanol–water partition coefficient (Wildman–Crippen LogP) is 1.44. The van der Waals surface area contributed by atoms with Crippen LogP contribution in [0.2, 0.25) is 0 Å². The molecule has 1 aromatic rings. The van der Waals surface area contributed by atoms with E-state index in [1.807, 2.05) is 20.8 Å².